The summed E-state index contributed by atoms with van der Waals surface area (Å²) in [4.78, 5) is 22.5. The van der Waals surface area contributed by atoms with Crippen molar-refractivity contribution in [3.8, 4) is 0 Å². The summed E-state index contributed by atoms with van der Waals surface area (Å²) in [6.45, 7) is 8.61. The fourth-order valence-corrected chi connectivity index (χ4v) is 4.03. The summed E-state index contributed by atoms with van der Waals surface area (Å²) >= 11 is 1.77. The second kappa shape index (κ2) is 9.19. The lowest BCUT2D eigenvalue weighted by Gasteiger charge is -2.34. The standard InChI is InChI=1S/C21H27N3OS/c1-17-6-7-20(15-18(17)2)26-14-8-21(25)24-12-10-23(11-13-24)16-19-5-3-4-9-22-19/h3-7,9,15H,8,10-14,16H2,1-2H3. The first kappa shape index (κ1) is 18.9. The van der Waals surface area contributed by atoms with Gasteiger partial charge in [-0.15, -0.1) is 11.8 Å². The van der Waals surface area contributed by atoms with Crippen LogP contribution in [0.5, 0.6) is 0 Å². The Kier molecular flexibility index (Phi) is 6.69. The number of hydrogen-bond acceptors (Lipinski definition) is 4. The minimum atomic E-state index is 0.277. The van der Waals surface area contributed by atoms with E-state index in [0.29, 0.717) is 6.42 Å². The Balaban J connectivity index is 1.38. The molecular weight excluding hydrogens is 342 g/mol. The summed E-state index contributed by atoms with van der Waals surface area (Å²) in [5, 5.41) is 0. The molecule has 3 rings (SSSR count). The van der Waals surface area contributed by atoms with Gasteiger partial charge in [0.2, 0.25) is 5.91 Å². The summed E-state index contributed by atoms with van der Waals surface area (Å²) in [5.41, 5.74) is 3.72. The van der Waals surface area contributed by atoms with E-state index >= 15 is 0 Å². The molecule has 4 nitrogen and oxygen atoms in total. The van der Waals surface area contributed by atoms with E-state index in [1.807, 2.05) is 23.2 Å². The number of carbonyl (C=O) groups excluding carboxylic acids is 1. The summed E-state index contributed by atoms with van der Waals surface area (Å²) in [5.74, 6) is 1.12. The van der Waals surface area contributed by atoms with Crippen molar-refractivity contribution in [2.45, 2.75) is 31.7 Å². The molecular formula is C21H27N3OS. The number of nitrogens with zero attached hydrogens (tertiary/aromatic N) is 3. The SMILES string of the molecule is Cc1ccc(SCCC(=O)N2CCN(Cc3ccccn3)CC2)cc1C. The lowest BCUT2D eigenvalue weighted by atomic mass is 10.1. The van der Waals surface area contributed by atoms with Crippen molar-refractivity contribution in [1.29, 1.82) is 0 Å². The van der Waals surface area contributed by atoms with Crippen LogP contribution in [0.25, 0.3) is 0 Å². The zero-order valence-electron chi connectivity index (χ0n) is 15.6. The summed E-state index contributed by atoms with van der Waals surface area (Å²) in [6.07, 6.45) is 2.44. The fraction of sp³-hybridized carbons (Fsp3) is 0.429. The molecule has 2 aromatic rings. The largest absolute Gasteiger partial charge is 0.340 e. The Hall–Kier alpha value is -1.85. The lowest BCUT2D eigenvalue weighted by Crippen LogP contribution is -2.48. The number of thioether (sulfide) groups is 1. The third-order valence-corrected chi connectivity index (χ3v) is 5.90. The van der Waals surface area contributed by atoms with Gasteiger partial charge in [-0.3, -0.25) is 14.7 Å². The molecule has 0 radical (unpaired) electrons. The van der Waals surface area contributed by atoms with Gasteiger partial charge in [-0.1, -0.05) is 12.1 Å². The van der Waals surface area contributed by atoms with Gasteiger partial charge in [-0.25, -0.2) is 0 Å². The minimum absolute atomic E-state index is 0.277. The maximum absolute atomic E-state index is 12.5. The summed E-state index contributed by atoms with van der Waals surface area (Å²) in [6, 6.07) is 12.5. The van der Waals surface area contributed by atoms with Gasteiger partial charge in [-0.05, 0) is 49.2 Å². The Morgan fingerprint density at radius 3 is 2.58 bits per heavy atom. The Morgan fingerprint density at radius 2 is 1.88 bits per heavy atom. The monoisotopic (exact) mass is 369 g/mol. The third kappa shape index (κ3) is 5.32. The summed E-state index contributed by atoms with van der Waals surface area (Å²) < 4.78 is 0. The Bertz CT molecular complexity index is 727. The molecule has 0 unspecified atom stereocenters. The first-order valence-corrected chi connectivity index (χ1v) is 10.2. The molecule has 1 aliphatic rings. The molecule has 1 aromatic heterocycles. The molecule has 5 heteroatoms. The molecule has 1 saturated heterocycles. The number of benzene rings is 1. The van der Waals surface area contributed by atoms with Gasteiger partial charge >= 0.3 is 0 Å². The number of aryl methyl sites for hydroxylation is 2. The van der Waals surface area contributed by atoms with Crippen LogP contribution in [-0.2, 0) is 11.3 Å². The molecule has 0 saturated carbocycles. The van der Waals surface area contributed by atoms with Gasteiger partial charge < -0.3 is 4.90 Å². The predicted molar refractivity (Wildman–Crippen MR) is 107 cm³/mol. The van der Waals surface area contributed by atoms with E-state index in [1.54, 1.807) is 11.8 Å². The van der Waals surface area contributed by atoms with E-state index < -0.39 is 0 Å². The molecule has 0 aliphatic carbocycles. The number of rotatable bonds is 6. The van der Waals surface area contributed by atoms with Crippen molar-refractivity contribution in [3.05, 3.63) is 59.4 Å². The first-order valence-electron chi connectivity index (χ1n) is 9.22. The second-order valence-electron chi connectivity index (χ2n) is 6.82. The molecule has 1 aromatic carbocycles. The highest BCUT2D eigenvalue weighted by molar-refractivity contribution is 7.99. The fourth-order valence-electron chi connectivity index (χ4n) is 3.09. The Labute approximate surface area is 160 Å². The molecule has 0 N–H and O–H groups in total. The maximum atomic E-state index is 12.5. The molecule has 1 fully saturated rings. The molecule has 1 amide bonds. The molecule has 1 aliphatic heterocycles. The third-order valence-electron chi connectivity index (χ3n) is 4.90. The van der Waals surface area contributed by atoms with E-state index in [2.05, 4.69) is 48.0 Å². The van der Waals surface area contributed by atoms with Crippen molar-refractivity contribution in [2.75, 3.05) is 31.9 Å². The van der Waals surface area contributed by atoms with Crippen LogP contribution in [0, 0.1) is 13.8 Å². The highest BCUT2D eigenvalue weighted by Crippen LogP contribution is 2.22. The molecule has 138 valence electrons. The molecule has 0 spiro atoms. The van der Waals surface area contributed by atoms with Crippen molar-refractivity contribution in [1.82, 2.24) is 14.8 Å². The minimum Gasteiger partial charge on any atom is -0.340 e. The van der Waals surface area contributed by atoms with Crippen molar-refractivity contribution in [2.24, 2.45) is 0 Å². The van der Waals surface area contributed by atoms with Crippen LogP contribution in [0.15, 0.2) is 47.5 Å². The van der Waals surface area contributed by atoms with E-state index in [0.717, 1.165) is 44.2 Å². The highest BCUT2D eigenvalue weighted by atomic mass is 32.2. The Morgan fingerprint density at radius 1 is 1.08 bits per heavy atom. The van der Waals surface area contributed by atoms with E-state index in [9.17, 15) is 4.79 Å². The van der Waals surface area contributed by atoms with Crippen LogP contribution in [-0.4, -0.2) is 52.6 Å². The number of amides is 1. The van der Waals surface area contributed by atoms with Crippen LogP contribution in [0.3, 0.4) is 0 Å². The van der Waals surface area contributed by atoms with Crippen LogP contribution in [0.1, 0.15) is 23.2 Å². The zero-order valence-corrected chi connectivity index (χ0v) is 16.5. The molecule has 2 heterocycles. The van der Waals surface area contributed by atoms with Crippen molar-refractivity contribution < 1.29 is 4.79 Å². The number of aromatic nitrogens is 1. The van der Waals surface area contributed by atoms with Gasteiger partial charge in [-0.2, -0.15) is 0 Å². The average Bonchev–Trinajstić information content (AvgIpc) is 2.66. The van der Waals surface area contributed by atoms with Crippen LogP contribution >= 0.6 is 11.8 Å². The highest BCUT2D eigenvalue weighted by Gasteiger charge is 2.21. The number of hydrogen-bond donors (Lipinski definition) is 0. The van der Waals surface area contributed by atoms with E-state index in [-0.39, 0.29) is 5.91 Å². The van der Waals surface area contributed by atoms with Gasteiger partial charge in [0, 0.05) is 56.0 Å². The zero-order chi connectivity index (χ0) is 18.4. The quantitative estimate of drug-likeness (QED) is 0.730. The molecule has 26 heavy (non-hydrogen) atoms. The normalized spacial score (nSPS) is 15.2. The molecule has 0 atom stereocenters. The molecule has 0 bridgehead atoms. The van der Waals surface area contributed by atoms with Gasteiger partial charge in [0.25, 0.3) is 0 Å². The van der Waals surface area contributed by atoms with Gasteiger partial charge in [0.15, 0.2) is 0 Å². The van der Waals surface area contributed by atoms with Crippen molar-refractivity contribution >= 4 is 17.7 Å². The number of carbonyl (C=O) groups is 1. The van der Waals surface area contributed by atoms with Gasteiger partial charge in [0.1, 0.15) is 0 Å². The van der Waals surface area contributed by atoms with Crippen molar-refractivity contribution in [3.63, 3.8) is 0 Å². The number of pyridine rings is 1. The van der Waals surface area contributed by atoms with Crippen LogP contribution in [0.4, 0.5) is 0 Å². The topological polar surface area (TPSA) is 36.4 Å². The van der Waals surface area contributed by atoms with Gasteiger partial charge in [0.05, 0.1) is 5.69 Å². The van der Waals surface area contributed by atoms with Crippen LogP contribution in [0.2, 0.25) is 0 Å². The summed E-state index contributed by atoms with van der Waals surface area (Å²) in [7, 11) is 0. The smallest absolute Gasteiger partial charge is 0.223 e. The average molecular weight is 370 g/mol. The number of piperazine rings is 1. The van der Waals surface area contributed by atoms with E-state index in [4.69, 9.17) is 0 Å². The second-order valence-corrected chi connectivity index (χ2v) is 7.99. The maximum Gasteiger partial charge on any atom is 0.223 e. The lowest BCUT2D eigenvalue weighted by molar-refractivity contribution is -0.132. The first-order chi connectivity index (χ1) is 12.6. The predicted octanol–water partition coefficient (Wildman–Crippen LogP) is 3.53. The van der Waals surface area contributed by atoms with Crippen LogP contribution < -0.4 is 0 Å². The van der Waals surface area contributed by atoms with E-state index in [1.165, 1.54) is 16.0 Å².